The molecule has 0 amide bonds. The van der Waals surface area contributed by atoms with Crippen molar-refractivity contribution in [3.63, 3.8) is 0 Å². The molecule has 0 heterocycles. The maximum Gasteiger partial charge on any atom is 0.137 e. The van der Waals surface area contributed by atoms with Gasteiger partial charge in [-0.25, -0.2) is 4.39 Å². The highest BCUT2D eigenvalue weighted by Gasteiger charge is 2.10. The Hall–Kier alpha value is -1.19. The first-order valence-electron chi connectivity index (χ1n) is 4.94. The van der Waals surface area contributed by atoms with Crippen LogP contribution in [0.5, 0.6) is 0 Å². The van der Waals surface area contributed by atoms with Gasteiger partial charge in [0.1, 0.15) is 5.82 Å². The van der Waals surface area contributed by atoms with Gasteiger partial charge in [0.25, 0.3) is 0 Å². The summed E-state index contributed by atoms with van der Waals surface area (Å²) < 4.78 is 13.8. The van der Waals surface area contributed by atoms with E-state index in [1.54, 1.807) is 6.07 Å². The molecule has 0 bridgehead atoms. The molecule has 2 aromatic rings. The van der Waals surface area contributed by atoms with Crippen LogP contribution in [0.2, 0.25) is 0 Å². The molecule has 0 saturated heterocycles. The summed E-state index contributed by atoms with van der Waals surface area (Å²) in [6.45, 7) is 0. The molecule has 3 heteroatoms. The van der Waals surface area contributed by atoms with Crippen molar-refractivity contribution in [2.24, 2.45) is 5.73 Å². The molecule has 16 heavy (non-hydrogen) atoms. The van der Waals surface area contributed by atoms with Crippen molar-refractivity contribution in [1.82, 2.24) is 0 Å². The minimum absolute atomic E-state index is 0.288. The number of nitrogens with two attached hydrogens (primary N) is 1. The quantitative estimate of drug-likeness (QED) is 0.893. The number of hydrogen-bond donors (Lipinski definition) is 1. The van der Waals surface area contributed by atoms with Crippen LogP contribution in [0.3, 0.4) is 0 Å². The Labute approximate surface area is 102 Å². The van der Waals surface area contributed by atoms with Gasteiger partial charge in [0.05, 0.1) is 10.5 Å². The highest BCUT2D eigenvalue weighted by atomic mass is 79.9. The molecule has 2 rings (SSSR count). The van der Waals surface area contributed by atoms with E-state index in [4.69, 9.17) is 5.73 Å². The van der Waals surface area contributed by atoms with E-state index in [0.717, 1.165) is 11.1 Å². The summed E-state index contributed by atoms with van der Waals surface area (Å²) in [6, 6.07) is 14.3. The minimum Gasteiger partial charge on any atom is -0.320 e. The van der Waals surface area contributed by atoms with Gasteiger partial charge < -0.3 is 5.73 Å². The van der Waals surface area contributed by atoms with Crippen LogP contribution < -0.4 is 5.73 Å². The Morgan fingerprint density at radius 1 is 1.00 bits per heavy atom. The van der Waals surface area contributed by atoms with Gasteiger partial charge in [-0.1, -0.05) is 36.4 Å². The standard InChI is InChI=1S/C13H11BrFN/c14-11-7-6-10(8-12(11)15)13(16)9-4-2-1-3-5-9/h1-8,13H,16H2. The van der Waals surface area contributed by atoms with E-state index >= 15 is 0 Å². The summed E-state index contributed by atoms with van der Waals surface area (Å²) in [5, 5.41) is 0. The molecule has 0 saturated carbocycles. The van der Waals surface area contributed by atoms with E-state index in [1.807, 2.05) is 36.4 Å². The molecule has 0 aromatic heterocycles. The third-order valence-electron chi connectivity index (χ3n) is 2.46. The zero-order valence-corrected chi connectivity index (χ0v) is 10.1. The van der Waals surface area contributed by atoms with E-state index in [9.17, 15) is 4.39 Å². The monoisotopic (exact) mass is 279 g/mol. The Morgan fingerprint density at radius 2 is 1.69 bits per heavy atom. The Balaban J connectivity index is 2.34. The van der Waals surface area contributed by atoms with Gasteiger partial charge >= 0.3 is 0 Å². The van der Waals surface area contributed by atoms with Crippen LogP contribution in [0.25, 0.3) is 0 Å². The van der Waals surface area contributed by atoms with Gasteiger partial charge in [-0.05, 0) is 39.2 Å². The van der Waals surface area contributed by atoms with Crippen molar-refractivity contribution in [3.8, 4) is 0 Å². The van der Waals surface area contributed by atoms with Crippen molar-refractivity contribution >= 4 is 15.9 Å². The van der Waals surface area contributed by atoms with Crippen molar-refractivity contribution in [3.05, 3.63) is 69.9 Å². The van der Waals surface area contributed by atoms with Crippen molar-refractivity contribution < 1.29 is 4.39 Å². The summed E-state index contributed by atoms with van der Waals surface area (Å²) in [5.41, 5.74) is 7.80. The van der Waals surface area contributed by atoms with Crippen LogP contribution in [-0.2, 0) is 0 Å². The van der Waals surface area contributed by atoms with Gasteiger partial charge in [0.2, 0.25) is 0 Å². The molecule has 82 valence electrons. The molecule has 0 radical (unpaired) electrons. The third-order valence-corrected chi connectivity index (χ3v) is 3.10. The largest absolute Gasteiger partial charge is 0.320 e. The predicted molar refractivity (Wildman–Crippen MR) is 66.6 cm³/mol. The molecule has 0 spiro atoms. The second kappa shape index (κ2) is 4.76. The fraction of sp³-hybridized carbons (Fsp3) is 0.0769. The molecule has 2 N–H and O–H groups in total. The van der Waals surface area contributed by atoms with E-state index in [1.165, 1.54) is 6.07 Å². The lowest BCUT2D eigenvalue weighted by molar-refractivity contribution is 0.617. The molecule has 1 nitrogen and oxygen atoms in total. The number of benzene rings is 2. The summed E-state index contributed by atoms with van der Waals surface area (Å²) >= 11 is 3.12. The number of halogens is 2. The van der Waals surface area contributed by atoms with Crippen molar-refractivity contribution in [1.29, 1.82) is 0 Å². The zero-order valence-electron chi connectivity index (χ0n) is 8.53. The van der Waals surface area contributed by atoms with Crippen LogP contribution in [0, 0.1) is 5.82 Å². The van der Waals surface area contributed by atoms with Crippen LogP contribution in [0.15, 0.2) is 53.0 Å². The van der Waals surface area contributed by atoms with Gasteiger partial charge in [0.15, 0.2) is 0 Å². The normalized spacial score (nSPS) is 12.4. The second-order valence-corrected chi connectivity index (χ2v) is 4.42. The van der Waals surface area contributed by atoms with Gasteiger partial charge in [-0.15, -0.1) is 0 Å². The van der Waals surface area contributed by atoms with E-state index < -0.39 is 0 Å². The van der Waals surface area contributed by atoms with Crippen molar-refractivity contribution in [2.45, 2.75) is 6.04 Å². The van der Waals surface area contributed by atoms with E-state index in [2.05, 4.69) is 15.9 Å². The Morgan fingerprint density at radius 3 is 2.31 bits per heavy atom. The molecule has 0 aliphatic heterocycles. The van der Waals surface area contributed by atoms with Crippen LogP contribution >= 0.6 is 15.9 Å². The lowest BCUT2D eigenvalue weighted by atomic mass is 10.00. The SMILES string of the molecule is NC(c1ccccc1)c1ccc(Br)c(F)c1. The maximum atomic E-state index is 13.4. The zero-order chi connectivity index (χ0) is 11.5. The summed E-state index contributed by atoms with van der Waals surface area (Å²) in [6.07, 6.45) is 0. The van der Waals surface area contributed by atoms with E-state index in [0.29, 0.717) is 4.47 Å². The number of rotatable bonds is 2. The van der Waals surface area contributed by atoms with Gasteiger partial charge in [-0.2, -0.15) is 0 Å². The molecule has 1 atom stereocenters. The molecule has 0 aliphatic carbocycles. The average Bonchev–Trinajstić information content (AvgIpc) is 2.33. The smallest absolute Gasteiger partial charge is 0.137 e. The number of hydrogen-bond acceptors (Lipinski definition) is 1. The minimum atomic E-state index is -0.288. The highest BCUT2D eigenvalue weighted by molar-refractivity contribution is 9.10. The van der Waals surface area contributed by atoms with E-state index in [-0.39, 0.29) is 11.9 Å². The van der Waals surface area contributed by atoms with Gasteiger partial charge in [-0.3, -0.25) is 0 Å². The summed E-state index contributed by atoms with van der Waals surface area (Å²) in [7, 11) is 0. The summed E-state index contributed by atoms with van der Waals surface area (Å²) in [4.78, 5) is 0. The fourth-order valence-electron chi connectivity index (χ4n) is 1.56. The first-order valence-corrected chi connectivity index (χ1v) is 5.73. The lowest BCUT2D eigenvalue weighted by Crippen LogP contribution is -2.11. The molecule has 0 aliphatic rings. The first kappa shape index (κ1) is 11.3. The molecular weight excluding hydrogens is 269 g/mol. The summed E-state index contributed by atoms with van der Waals surface area (Å²) in [5.74, 6) is -0.288. The molecular formula is C13H11BrFN. The third kappa shape index (κ3) is 2.31. The Kier molecular flexibility index (Phi) is 3.36. The highest BCUT2D eigenvalue weighted by Crippen LogP contribution is 2.23. The first-order chi connectivity index (χ1) is 7.68. The maximum absolute atomic E-state index is 13.4. The second-order valence-electron chi connectivity index (χ2n) is 3.56. The fourth-order valence-corrected chi connectivity index (χ4v) is 1.81. The molecule has 2 aromatic carbocycles. The topological polar surface area (TPSA) is 26.0 Å². The Bertz CT molecular complexity index is 485. The van der Waals surface area contributed by atoms with Crippen LogP contribution in [-0.4, -0.2) is 0 Å². The van der Waals surface area contributed by atoms with Crippen LogP contribution in [0.4, 0.5) is 4.39 Å². The van der Waals surface area contributed by atoms with Crippen LogP contribution in [0.1, 0.15) is 17.2 Å². The molecule has 0 fully saturated rings. The lowest BCUT2D eigenvalue weighted by Gasteiger charge is -2.12. The van der Waals surface area contributed by atoms with Crippen molar-refractivity contribution in [2.75, 3.05) is 0 Å². The predicted octanol–water partition coefficient (Wildman–Crippen LogP) is 3.64. The average molecular weight is 280 g/mol. The van der Waals surface area contributed by atoms with Gasteiger partial charge in [0, 0.05) is 0 Å². The molecule has 1 unspecified atom stereocenters.